The van der Waals surface area contributed by atoms with Crippen molar-refractivity contribution < 1.29 is 23.8 Å². The largest absolute Gasteiger partial charge is 0.479 e. The van der Waals surface area contributed by atoms with E-state index in [1.807, 2.05) is 26.0 Å². The number of rotatable bonds is 9. The van der Waals surface area contributed by atoms with Crippen molar-refractivity contribution >= 4 is 57.5 Å². The van der Waals surface area contributed by atoms with Gasteiger partial charge in [-0.1, -0.05) is 52.1 Å². The first kappa shape index (κ1) is 30.0. The van der Waals surface area contributed by atoms with Gasteiger partial charge in [-0.2, -0.15) is 0 Å². The molecule has 11 heteroatoms. The molecule has 0 aliphatic carbocycles. The topological polar surface area (TPSA) is 92.1 Å². The van der Waals surface area contributed by atoms with Gasteiger partial charge in [0.25, 0.3) is 0 Å². The van der Waals surface area contributed by atoms with Crippen LogP contribution in [0.4, 0.5) is 0 Å². The number of halogens is 3. The number of ether oxygens (including phenoxy) is 3. The lowest BCUT2D eigenvalue weighted by Crippen LogP contribution is -2.27. The van der Waals surface area contributed by atoms with Crippen molar-refractivity contribution in [1.82, 2.24) is 9.97 Å². The average molecular weight is 591 g/mol. The minimum atomic E-state index is -0.777. The van der Waals surface area contributed by atoms with E-state index in [1.54, 1.807) is 61.5 Å². The van der Waals surface area contributed by atoms with Crippen LogP contribution < -0.4 is 9.47 Å². The highest BCUT2D eigenvalue weighted by Crippen LogP contribution is 2.25. The molecule has 1 aromatic heterocycles. The van der Waals surface area contributed by atoms with E-state index in [4.69, 9.17) is 53.9 Å². The molecule has 0 fully saturated rings. The summed E-state index contributed by atoms with van der Waals surface area (Å²) in [5.74, 6) is 0.908. The number of aromatic nitrogens is 2. The number of hydrogen-bond donors (Lipinski definition) is 0. The fourth-order valence-corrected chi connectivity index (χ4v) is 3.32. The highest BCUT2D eigenvalue weighted by molar-refractivity contribution is 6.41. The Kier molecular flexibility index (Phi) is 11.6. The third kappa shape index (κ3) is 10.2. The second-order valence-electron chi connectivity index (χ2n) is 8.13. The Bertz CT molecular complexity index is 1390. The van der Waals surface area contributed by atoms with Gasteiger partial charge < -0.3 is 19.0 Å². The van der Waals surface area contributed by atoms with Crippen LogP contribution in [0, 0.1) is 0 Å². The monoisotopic (exact) mass is 589 g/mol. The summed E-state index contributed by atoms with van der Waals surface area (Å²) in [6.45, 7) is 5.50. The number of carbonyl (C=O) groups is 1. The van der Waals surface area contributed by atoms with Gasteiger partial charge >= 0.3 is 5.97 Å². The van der Waals surface area contributed by atoms with Gasteiger partial charge in [0.05, 0.1) is 33.0 Å². The predicted molar refractivity (Wildman–Crippen MR) is 153 cm³/mol. The quantitative estimate of drug-likeness (QED) is 0.0850. The van der Waals surface area contributed by atoms with Gasteiger partial charge in [-0.25, -0.2) is 14.8 Å². The summed E-state index contributed by atoms with van der Waals surface area (Å²) in [6, 6.07) is 19.2. The zero-order valence-electron chi connectivity index (χ0n) is 21.4. The predicted octanol–water partition coefficient (Wildman–Crippen LogP) is 7.79. The normalized spacial score (nSPS) is 11.0. The van der Waals surface area contributed by atoms with E-state index in [9.17, 15) is 4.79 Å². The zero-order chi connectivity index (χ0) is 28.2. The number of oxime groups is 1. The molecule has 4 rings (SSSR count). The van der Waals surface area contributed by atoms with Crippen LogP contribution in [-0.2, 0) is 14.4 Å². The minimum Gasteiger partial charge on any atom is -0.479 e. The summed E-state index contributed by atoms with van der Waals surface area (Å²) < 4.78 is 16.4. The molecule has 0 spiro atoms. The van der Waals surface area contributed by atoms with Gasteiger partial charge in [0.1, 0.15) is 18.1 Å². The highest BCUT2D eigenvalue weighted by atomic mass is 35.5. The van der Waals surface area contributed by atoms with Gasteiger partial charge in [0, 0.05) is 5.02 Å². The van der Waals surface area contributed by atoms with E-state index < -0.39 is 12.1 Å². The zero-order valence-corrected chi connectivity index (χ0v) is 23.7. The molecule has 8 nitrogen and oxygen atoms in total. The average Bonchev–Trinajstić information content (AvgIpc) is 2.91. The molecule has 0 aliphatic rings. The minimum absolute atomic E-state index is 0.0924. The van der Waals surface area contributed by atoms with Crippen LogP contribution in [0.5, 0.6) is 17.4 Å². The lowest BCUT2D eigenvalue weighted by atomic mass is 10.3. The number of hydrogen-bond acceptors (Lipinski definition) is 8. The fraction of sp³-hybridized carbons (Fsp3) is 0.214. The maximum absolute atomic E-state index is 12.0. The highest BCUT2D eigenvalue weighted by Gasteiger charge is 2.16. The van der Waals surface area contributed by atoms with Crippen molar-refractivity contribution in [1.29, 1.82) is 0 Å². The molecule has 0 unspecified atom stereocenters. The molecule has 0 N–H and O–H groups in total. The standard InChI is InChI=1S/C22H22ClN3O5.C6H4Cl2/c1-14(2)26-29-11-10-28-22(27)15(3)30-17-5-7-18(8-6-17)31-21-13-24-20-12-16(23)4-9-19(20)25-21;7-5-3-1-2-4-6(5)8/h4-9,12-13,15H,10-11H2,1-3H3;1-4H/t15-;/m1./s1. The second kappa shape index (κ2) is 15.1. The molecule has 0 saturated carbocycles. The van der Waals surface area contributed by atoms with Crippen LogP contribution in [0.1, 0.15) is 20.8 Å². The van der Waals surface area contributed by atoms with E-state index in [1.165, 1.54) is 6.20 Å². The fourth-order valence-electron chi connectivity index (χ4n) is 2.89. The summed E-state index contributed by atoms with van der Waals surface area (Å²) in [6.07, 6.45) is 0.749. The summed E-state index contributed by atoms with van der Waals surface area (Å²) in [5.41, 5.74) is 2.15. The van der Waals surface area contributed by atoms with Crippen LogP contribution in [0.2, 0.25) is 15.1 Å². The van der Waals surface area contributed by atoms with Crippen molar-refractivity contribution in [3.05, 3.63) is 88.0 Å². The van der Waals surface area contributed by atoms with E-state index in [0.717, 1.165) is 5.71 Å². The number of esters is 1. The Morgan fingerprint density at radius 2 is 1.56 bits per heavy atom. The van der Waals surface area contributed by atoms with E-state index in [0.29, 0.717) is 43.5 Å². The van der Waals surface area contributed by atoms with Crippen LogP contribution >= 0.6 is 34.8 Å². The first-order valence-electron chi connectivity index (χ1n) is 11.8. The van der Waals surface area contributed by atoms with Gasteiger partial charge in [0.2, 0.25) is 5.88 Å². The lowest BCUT2D eigenvalue weighted by molar-refractivity contribution is -0.152. The Balaban J connectivity index is 0.000000449. The first-order chi connectivity index (χ1) is 18.7. The molecular weight excluding hydrogens is 565 g/mol. The van der Waals surface area contributed by atoms with Crippen LogP contribution in [0.3, 0.4) is 0 Å². The summed E-state index contributed by atoms with van der Waals surface area (Å²) in [4.78, 5) is 25.7. The summed E-state index contributed by atoms with van der Waals surface area (Å²) in [7, 11) is 0. The summed E-state index contributed by atoms with van der Waals surface area (Å²) >= 11 is 17.1. The van der Waals surface area contributed by atoms with Crippen molar-refractivity contribution in [2.75, 3.05) is 13.2 Å². The number of nitrogens with zero attached hydrogens (tertiary/aromatic N) is 3. The second-order valence-corrected chi connectivity index (χ2v) is 9.38. The molecule has 0 saturated heterocycles. The molecule has 0 aliphatic heterocycles. The van der Waals surface area contributed by atoms with Crippen molar-refractivity contribution in [3.63, 3.8) is 0 Å². The molecule has 204 valence electrons. The third-order valence-electron chi connectivity index (χ3n) is 4.66. The Morgan fingerprint density at radius 3 is 2.21 bits per heavy atom. The number of fused-ring (bicyclic) bond motifs is 1. The van der Waals surface area contributed by atoms with E-state index in [2.05, 4.69) is 15.1 Å². The SMILES string of the molecule is CC(C)=NOCCOC(=O)[C@@H](C)Oc1ccc(Oc2cnc3cc(Cl)ccc3n2)cc1.Clc1ccccc1Cl. The maximum atomic E-state index is 12.0. The van der Waals surface area contributed by atoms with Crippen molar-refractivity contribution in [2.24, 2.45) is 5.16 Å². The maximum Gasteiger partial charge on any atom is 0.347 e. The molecule has 0 amide bonds. The molecule has 39 heavy (non-hydrogen) atoms. The van der Waals surface area contributed by atoms with Gasteiger partial charge in [0.15, 0.2) is 12.7 Å². The number of benzene rings is 3. The molecule has 3 aromatic carbocycles. The third-order valence-corrected chi connectivity index (χ3v) is 5.65. The summed E-state index contributed by atoms with van der Waals surface area (Å²) in [5, 5.41) is 5.57. The van der Waals surface area contributed by atoms with E-state index >= 15 is 0 Å². The molecule has 1 atom stereocenters. The Hall–Kier alpha value is -3.59. The Labute approximate surface area is 241 Å². The molecule has 0 radical (unpaired) electrons. The molecular formula is C28H26Cl3N3O5. The van der Waals surface area contributed by atoms with Gasteiger partial charge in [-0.15, -0.1) is 0 Å². The molecule has 4 aromatic rings. The lowest BCUT2D eigenvalue weighted by Gasteiger charge is -2.14. The van der Waals surface area contributed by atoms with Crippen molar-refractivity contribution in [2.45, 2.75) is 26.9 Å². The number of carbonyl (C=O) groups excluding carboxylic acids is 1. The van der Waals surface area contributed by atoms with Crippen molar-refractivity contribution in [3.8, 4) is 17.4 Å². The van der Waals surface area contributed by atoms with Gasteiger partial charge in [-0.05, 0) is 75.4 Å². The molecule has 0 bridgehead atoms. The van der Waals surface area contributed by atoms with Crippen LogP contribution in [0.25, 0.3) is 11.0 Å². The Morgan fingerprint density at radius 1 is 0.897 bits per heavy atom. The van der Waals surface area contributed by atoms with Crippen LogP contribution in [-0.4, -0.2) is 41.0 Å². The van der Waals surface area contributed by atoms with Crippen LogP contribution in [0.15, 0.2) is 78.1 Å². The molecule has 1 heterocycles. The first-order valence-corrected chi connectivity index (χ1v) is 12.9. The van der Waals surface area contributed by atoms with Gasteiger partial charge in [-0.3, -0.25) is 0 Å². The smallest absolute Gasteiger partial charge is 0.347 e. The van der Waals surface area contributed by atoms with E-state index in [-0.39, 0.29) is 13.2 Å².